The molecular formula is C22H20F2N4O3. The molecule has 160 valence electrons. The van der Waals surface area contributed by atoms with Gasteiger partial charge in [0.1, 0.15) is 6.54 Å². The summed E-state index contributed by atoms with van der Waals surface area (Å²) in [5, 5.41) is 5.08. The van der Waals surface area contributed by atoms with Crippen molar-refractivity contribution in [1.82, 2.24) is 14.7 Å². The molecule has 1 aliphatic rings. The van der Waals surface area contributed by atoms with E-state index >= 15 is 0 Å². The molecule has 1 unspecified atom stereocenters. The molecule has 1 atom stereocenters. The zero-order valence-electron chi connectivity index (χ0n) is 16.6. The Bertz CT molecular complexity index is 1240. The summed E-state index contributed by atoms with van der Waals surface area (Å²) in [7, 11) is 0. The first-order valence-electron chi connectivity index (χ1n) is 9.87. The molecule has 7 nitrogen and oxygen atoms in total. The van der Waals surface area contributed by atoms with Crippen LogP contribution in [0, 0.1) is 17.6 Å². The van der Waals surface area contributed by atoms with E-state index < -0.39 is 29.0 Å². The van der Waals surface area contributed by atoms with Gasteiger partial charge in [-0.05, 0) is 37.1 Å². The standard InChI is InChI=1S/C22H20F2N4O3/c23-17-8-7-13(10-18(17)24)20-15-5-1-2-6-16(15)22(31)28(26-20)12-19(29)27-9-3-4-14(11-27)21(25)30/h1-2,5-8,10,14H,3-4,9,11-12H2,(H2,25,30). The number of piperidine rings is 1. The quantitative estimate of drug-likeness (QED) is 0.691. The van der Waals surface area contributed by atoms with E-state index in [1.807, 2.05) is 0 Å². The normalized spacial score (nSPS) is 16.5. The van der Waals surface area contributed by atoms with E-state index in [0.29, 0.717) is 30.2 Å². The predicted molar refractivity (Wildman–Crippen MR) is 110 cm³/mol. The van der Waals surface area contributed by atoms with Crippen LogP contribution in [0.15, 0.2) is 47.3 Å². The van der Waals surface area contributed by atoms with E-state index in [0.717, 1.165) is 16.8 Å². The monoisotopic (exact) mass is 426 g/mol. The molecule has 1 aromatic heterocycles. The lowest BCUT2D eigenvalue weighted by molar-refractivity contribution is -0.135. The van der Waals surface area contributed by atoms with Crippen molar-refractivity contribution in [2.24, 2.45) is 11.7 Å². The van der Waals surface area contributed by atoms with Gasteiger partial charge in [0, 0.05) is 24.0 Å². The fourth-order valence-electron chi connectivity index (χ4n) is 3.86. The summed E-state index contributed by atoms with van der Waals surface area (Å²) in [6.07, 6.45) is 1.26. The molecule has 31 heavy (non-hydrogen) atoms. The SMILES string of the molecule is NC(=O)C1CCCN(C(=O)Cn2nc(-c3ccc(F)c(F)c3)c3ccccc3c2=O)C1. The van der Waals surface area contributed by atoms with Gasteiger partial charge < -0.3 is 10.6 Å². The van der Waals surface area contributed by atoms with Crippen LogP contribution in [0.1, 0.15) is 12.8 Å². The molecule has 0 spiro atoms. The molecular weight excluding hydrogens is 406 g/mol. The van der Waals surface area contributed by atoms with E-state index in [2.05, 4.69) is 5.10 Å². The summed E-state index contributed by atoms with van der Waals surface area (Å²) in [6.45, 7) is 0.319. The number of benzene rings is 2. The van der Waals surface area contributed by atoms with Gasteiger partial charge in [-0.1, -0.05) is 18.2 Å². The van der Waals surface area contributed by atoms with Crippen LogP contribution in [0.2, 0.25) is 0 Å². The Morgan fingerprint density at radius 3 is 2.55 bits per heavy atom. The van der Waals surface area contributed by atoms with Crippen LogP contribution in [0.4, 0.5) is 8.78 Å². The van der Waals surface area contributed by atoms with Crippen LogP contribution < -0.4 is 11.3 Å². The molecule has 4 rings (SSSR count). The van der Waals surface area contributed by atoms with Crippen molar-refractivity contribution in [3.8, 4) is 11.3 Å². The lowest BCUT2D eigenvalue weighted by atomic mass is 9.97. The van der Waals surface area contributed by atoms with Crippen molar-refractivity contribution in [3.05, 3.63) is 64.5 Å². The second-order valence-electron chi connectivity index (χ2n) is 7.57. The fraction of sp³-hybridized carbons (Fsp3) is 0.273. The number of rotatable bonds is 4. The number of nitrogens with zero attached hydrogens (tertiary/aromatic N) is 3. The zero-order valence-corrected chi connectivity index (χ0v) is 16.6. The minimum atomic E-state index is -1.04. The number of hydrogen-bond donors (Lipinski definition) is 1. The minimum absolute atomic E-state index is 0.201. The average molecular weight is 426 g/mol. The Morgan fingerprint density at radius 1 is 1.10 bits per heavy atom. The number of primary amides is 1. The molecule has 0 bridgehead atoms. The van der Waals surface area contributed by atoms with E-state index in [1.54, 1.807) is 24.3 Å². The molecule has 1 saturated heterocycles. The minimum Gasteiger partial charge on any atom is -0.369 e. The lowest BCUT2D eigenvalue weighted by Gasteiger charge is -2.31. The number of likely N-dealkylation sites (tertiary alicyclic amines) is 1. The number of halogens is 2. The van der Waals surface area contributed by atoms with Crippen molar-refractivity contribution in [3.63, 3.8) is 0 Å². The van der Waals surface area contributed by atoms with Crippen LogP contribution >= 0.6 is 0 Å². The highest BCUT2D eigenvalue weighted by molar-refractivity contribution is 5.94. The number of carbonyl (C=O) groups is 2. The highest BCUT2D eigenvalue weighted by Crippen LogP contribution is 2.26. The van der Waals surface area contributed by atoms with E-state index in [4.69, 9.17) is 5.73 Å². The Balaban J connectivity index is 1.74. The van der Waals surface area contributed by atoms with Crippen molar-refractivity contribution in [2.45, 2.75) is 19.4 Å². The second-order valence-corrected chi connectivity index (χ2v) is 7.57. The average Bonchev–Trinajstić information content (AvgIpc) is 2.77. The highest BCUT2D eigenvalue weighted by atomic mass is 19.2. The van der Waals surface area contributed by atoms with Crippen LogP contribution in [-0.4, -0.2) is 39.6 Å². The van der Waals surface area contributed by atoms with Gasteiger partial charge in [0.2, 0.25) is 11.8 Å². The molecule has 1 fully saturated rings. The summed E-state index contributed by atoms with van der Waals surface area (Å²) in [6, 6.07) is 9.99. The van der Waals surface area contributed by atoms with Crippen LogP contribution in [0.5, 0.6) is 0 Å². The van der Waals surface area contributed by atoms with Gasteiger partial charge >= 0.3 is 0 Å². The third-order valence-corrected chi connectivity index (χ3v) is 5.52. The molecule has 2 N–H and O–H groups in total. The van der Waals surface area contributed by atoms with Crippen molar-refractivity contribution in [1.29, 1.82) is 0 Å². The Labute approximate surface area is 176 Å². The van der Waals surface area contributed by atoms with E-state index in [1.165, 1.54) is 11.0 Å². The van der Waals surface area contributed by atoms with Gasteiger partial charge in [-0.3, -0.25) is 14.4 Å². The topological polar surface area (TPSA) is 98.3 Å². The molecule has 2 aromatic carbocycles. The van der Waals surface area contributed by atoms with E-state index in [-0.39, 0.29) is 30.3 Å². The number of fused-ring (bicyclic) bond motifs is 1. The van der Waals surface area contributed by atoms with Crippen LogP contribution in [0.3, 0.4) is 0 Å². The molecule has 0 aliphatic carbocycles. The third kappa shape index (κ3) is 4.03. The van der Waals surface area contributed by atoms with Crippen molar-refractivity contribution in [2.75, 3.05) is 13.1 Å². The fourth-order valence-corrected chi connectivity index (χ4v) is 3.86. The van der Waals surface area contributed by atoms with Crippen molar-refractivity contribution >= 4 is 22.6 Å². The van der Waals surface area contributed by atoms with Crippen LogP contribution in [0.25, 0.3) is 22.0 Å². The molecule has 2 amide bonds. The first-order chi connectivity index (χ1) is 14.8. The molecule has 2 heterocycles. The van der Waals surface area contributed by atoms with Gasteiger partial charge in [-0.2, -0.15) is 5.10 Å². The van der Waals surface area contributed by atoms with Gasteiger partial charge in [-0.25, -0.2) is 13.5 Å². The summed E-state index contributed by atoms with van der Waals surface area (Å²) in [5.74, 6) is -3.28. The van der Waals surface area contributed by atoms with Gasteiger partial charge in [0.15, 0.2) is 11.6 Å². The van der Waals surface area contributed by atoms with Crippen LogP contribution in [-0.2, 0) is 16.1 Å². The van der Waals surface area contributed by atoms with E-state index in [9.17, 15) is 23.2 Å². The highest BCUT2D eigenvalue weighted by Gasteiger charge is 2.27. The number of hydrogen-bond acceptors (Lipinski definition) is 4. The maximum absolute atomic E-state index is 13.8. The van der Waals surface area contributed by atoms with Crippen molar-refractivity contribution < 1.29 is 18.4 Å². The first-order valence-corrected chi connectivity index (χ1v) is 9.87. The first kappa shape index (κ1) is 20.6. The summed E-state index contributed by atoms with van der Waals surface area (Å²) >= 11 is 0. The molecule has 9 heteroatoms. The third-order valence-electron chi connectivity index (χ3n) is 5.52. The lowest BCUT2D eigenvalue weighted by Crippen LogP contribution is -2.46. The molecule has 0 saturated carbocycles. The number of aromatic nitrogens is 2. The van der Waals surface area contributed by atoms with Gasteiger partial charge in [-0.15, -0.1) is 0 Å². The number of nitrogens with two attached hydrogens (primary N) is 1. The largest absolute Gasteiger partial charge is 0.369 e. The molecule has 0 radical (unpaired) electrons. The summed E-state index contributed by atoms with van der Waals surface area (Å²) in [4.78, 5) is 38.8. The maximum Gasteiger partial charge on any atom is 0.275 e. The zero-order chi connectivity index (χ0) is 22.1. The Hall–Kier alpha value is -3.62. The number of amides is 2. The summed E-state index contributed by atoms with van der Waals surface area (Å²) < 4.78 is 28.3. The Kier molecular flexibility index (Phi) is 5.50. The van der Waals surface area contributed by atoms with Gasteiger partial charge in [0.05, 0.1) is 17.0 Å². The predicted octanol–water partition coefficient (Wildman–Crippen LogP) is 2.07. The smallest absolute Gasteiger partial charge is 0.275 e. The molecule has 1 aliphatic heterocycles. The number of carbonyl (C=O) groups excluding carboxylic acids is 2. The second kappa shape index (κ2) is 8.25. The molecule has 3 aromatic rings. The summed E-state index contributed by atoms with van der Waals surface area (Å²) in [5.41, 5.74) is 5.44. The maximum atomic E-state index is 13.8. The van der Waals surface area contributed by atoms with Gasteiger partial charge in [0.25, 0.3) is 5.56 Å². The Morgan fingerprint density at radius 2 is 1.84 bits per heavy atom.